The van der Waals surface area contributed by atoms with Crippen LogP contribution < -0.4 is 5.32 Å². The van der Waals surface area contributed by atoms with E-state index in [4.69, 9.17) is 0 Å². The maximum atomic E-state index is 3.96. The van der Waals surface area contributed by atoms with Crippen molar-refractivity contribution in [2.45, 2.75) is 76.3 Å². The van der Waals surface area contributed by atoms with Crippen LogP contribution in [-0.2, 0) is 0 Å². The van der Waals surface area contributed by atoms with Gasteiger partial charge in [0.05, 0.1) is 0 Å². The van der Waals surface area contributed by atoms with E-state index in [0.717, 1.165) is 12.1 Å². The smallest absolute Gasteiger partial charge is 0.00823 e. The van der Waals surface area contributed by atoms with Crippen LogP contribution in [0.2, 0.25) is 0 Å². The zero-order valence-electron chi connectivity index (χ0n) is 11.6. The summed E-state index contributed by atoms with van der Waals surface area (Å²) in [6.45, 7) is 2.58. The molecule has 2 aliphatic rings. The van der Waals surface area contributed by atoms with Gasteiger partial charge in [-0.05, 0) is 52.2 Å². The molecule has 0 aromatic heterocycles. The Kier molecular flexibility index (Phi) is 5.79. The van der Waals surface area contributed by atoms with Crippen LogP contribution in [0.5, 0.6) is 0 Å². The molecule has 1 saturated heterocycles. The highest BCUT2D eigenvalue weighted by molar-refractivity contribution is 4.79. The fourth-order valence-corrected chi connectivity index (χ4v) is 3.36. The van der Waals surface area contributed by atoms with Crippen molar-refractivity contribution in [3.63, 3.8) is 0 Å². The zero-order valence-corrected chi connectivity index (χ0v) is 11.6. The van der Waals surface area contributed by atoms with Crippen molar-refractivity contribution in [1.29, 1.82) is 0 Å². The van der Waals surface area contributed by atoms with E-state index in [9.17, 15) is 0 Å². The fraction of sp³-hybridized carbons (Fsp3) is 1.00. The van der Waals surface area contributed by atoms with Crippen molar-refractivity contribution >= 4 is 0 Å². The molecule has 2 rings (SSSR count). The Hall–Kier alpha value is -0.0800. The second-order valence-electron chi connectivity index (χ2n) is 6.14. The van der Waals surface area contributed by atoms with Gasteiger partial charge < -0.3 is 10.2 Å². The summed E-state index contributed by atoms with van der Waals surface area (Å²) in [7, 11) is 2.26. The van der Waals surface area contributed by atoms with Crippen LogP contribution in [-0.4, -0.2) is 37.1 Å². The van der Waals surface area contributed by atoms with Crippen molar-refractivity contribution < 1.29 is 0 Å². The van der Waals surface area contributed by atoms with Crippen LogP contribution in [0.25, 0.3) is 0 Å². The number of nitrogens with zero attached hydrogens (tertiary/aromatic N) is 1. The molecule has 1 aliphatic carbocycles. The van der Waals surface area contributed by atoms with E-state index < -0.39 is 0 Å². The van der Waals surface area contributed by atoms with Gasteiger partial charge in [-0.15, -0.1) is 0 Å². The van der Waals surface area contributed by atoms with Gasteiger partial charge in [0.1, 0.15) is 0 Å². The van der Waals surface area contributed by atoms with Gasteiger partial charge in [0.25, 0.3) is 0 Å². The molecule has 1 saturated carbocycles. The van der Waals surface area contributed by atoms with E-state index >= 15 is 0 Å². The summed E-state index contributed by atoms with van der Waals surface area (Å²) in [5.41, 5.74) is 0. The molecule has 2 heteroatoms. The second kappa shape index (κ2) is 7.38. The van der Waals surface area contributed by atoms with Crippen molar-refractivity contribution in [2.24, 2.45) is 0 Å². The van der Waals surface area contributed by atoms with Crippen LogP contribution in [0, 0.1) is 0 Å². The molecule has 1 atom stereocenters. The van der Waals surface area contributed by atoms with E-state index in [1.807, 2.05) is 0 Å². The SMILES string of the molecule is CN1CCCC(NC2CCCCCCC2)CC1. The van der Waals surface area contributed by atoms with Crippen LogP contribution in [0.4, 0.5) is 0 Å². The average molecular weight is 238 g/mol. The quantitative estimate of drug-likeness (QED) is 0.795. The second-order valence-corrected chi connectivity index (χ2v) is 6.14. The first-order chi connectivity index (χ1) is 8.34. The average Bonchev–Trinajstić information content (AvgIpc) is 2.47. The molecule has 1 unspecified atom stereocenters. The highest BCUT2D eigenvalue weighted by atomic mass is 15.1. The Labute approximate surface area is 107 Å². The molecule has 0 radical (unpaired) electrons. The molecule has 100 valence electrons. The third kappa shape index (κ3) is 4.97. The Morgan fingerprint density at radius 1 is 0.706 bits per heavy atom. The predicted molar refractivity (Wildman–Crippen MR) is 74.4 cm³/mol. The van der Waals surface area contributed by atoms with Gasteiger partial charge in [-0.1, -0.05) is 32.1 Å². The summed E-state index contributed by atoms with van der Waals surface area (Å²) in [5.74, 6) is 0. The van der Waals surface area contributed by atoms with Gasteiger partial charge in [-0.3, -0.25) is 0 Å². The van der Waals surface area contributed by atoms with Gasteiger partial charge in [-0.2, -0.15) is 0 Å². The molecule has 0 aromatic carbocycles. The van der Waals surface area contributed by atoms with Crippen LogP contribution in [0.1, 0.15) is 64.2 Å². The first kappa shape index (κ1) is 13.4. The lowest BCUT2D eigenvalue weighted by atomic mass is 9.95. The third-order valence-electron chi connectivity index (χ3n) is 4.53. The topological polar surface area (TPSA) is 15.3 Å². The fourth-order valence-electron chi connectivity index (χ4n) is 3.36. The molecular weight excluding hydrogens is 208 g/mol. The molecule has 1 heterocycles. The minimum absolute atomic E-state index is 0.796. The Morgan fingerprint density at radius 2 is 1.29 bits per heavy atom. The molecule has 1 aliphatic heterocycles. The lowest BCUT2D eigenvalue weighted by Crippen LogP contribution is -2.39. The zero-order chi connectivity index (χ0) is 11.9. The summed E-state index contributed by atoms with van der Waals surface area (Å²) in [6.07, 6.45) is 14.3. The normalized spacial score (nSPS) is 30.5. The van der Waals surface area contributed by atoms with E-state index in [2.05, 4.69) is 17.3 Å². The van der Waals surface area contributed by atoms with Crippen LogP contribution >= 0.6 is 0 Å². The minimum atomic E-state index is 0.796. The number of hydrogen-bond acceptors (Lipinski definition) is 2. The molecule has 2 nitrogen and oxygen atoms in total. The van der Waals surface area contributed by atoms with E-state index in [-0.39, 0.29) is 0 Å². The molecule has 0 spiro atoms. The number of hydrogen-bond donors (Lipinski definition) is 1. The molecular formula is C15H30N2. The Balaban J connectivity index is 1.73. The molecule has 0 aromatic rings. The van der Waals surface area contributed by atoms with Gasteiger partial charge in [0.2, 0.25) is 0 Å². The van der Waals surface area contributed by atoms with Crippen molar-refractivity contribution in [3.8, 4) is 0 Å². The van der Waals surface area contributed by atoms with Crippen LogP contribution in [0.3, 0.4) is 0 Å². The molecule has 0 bridgehead atoms. The number of likely N-dealkylation sites (tertiary alicyclic amines) is 1. The monoisotopic (exact) mass is 238 g/mol. The van der Waals surface area contributed by atoms with Crippen molar-refractivity contribution in [1.82, 2.24) is 10.2 Å². The Morgan fingerprint density at radius 3 is 2.06 bits per heavy atom. The van der Waals surface area contributed by atoms with Gasteiger partial charge >= 0.3 is 0 Å². The third-order valence-corrected chi connectivity index (χ3v) is 4.53. The first-order valence-electron chi connectivity index (χ1n) is 7.79. The molecule has 2 fully saturated rings. The summed E-state index contributed by atoms with van der Waals surface area (Å²) in [6, 6.07) is 1.62. The minimum Gasteiger partial charge on any atom is -0.311 e. The number of rotatable bonds is 2. The maximum Gasteiger partial charge on any atom is 0.00823 e. The molecule has 1 N–H and O–H groups in total. The van der Waals surface area contributed by atoms with Crippen LogP contribution in [0.15, 0.2) is 0 Å². The summed E-state index contributed by atoms with van der Waals surface area (Å²) < 4.78 is 0. The van der Waals surface area contributed by atoms with E-state index in [1.165, 1.54) is 77.3 Å². The summed E-state index contributed by atoms with van der Waals surface area (Å²) in [5, 5.41) is 3.96. The van der Waals surface area contributed by atoms with E-state index in [0.29, 0.717) is 0 Å². The molecule has 0 amide bonds. The molecule has 17 heavy (non-hydrogen) atoms. The summed E-state index contributed by atoms with van der Waals surface area (Å²) in [4.78, 5) is 2.49. The maximum absolute atomic E-state index is 3.96. The summed E-state index contributed by atoms with van der Waals surface area (Å²) >= 11 is 0. The predicted octanol–water partition coefficient (Wildman–Crippen LogP) is 3.17. The lowest BCUT2D eigenvalue weighted by Gasteiger charge is -2.26. The first-order valence-corrected chi connectivity index (χ1v) is 7.79. The lowest BCUT2D eigenvalue weighted by molar-refractivity contribution is 0.320. The van der Waals surface area contributed by atoms with Gasteiger partial charge in [0.15, 0.2) is 0 Å². The Bertz CT molecular complexity index is 194. The van der Waals surface area contributed by atoms with Gasteiger partial charge in [-0.25, -0.2) is 0 Å². The van der Waals surface area contributed by atoms with Gasteiger partial charge in [0, 0.05) is 12.1 Å². The number of nitrogens with one attached hydrogen (secondary N) is 1. The standard InChI is InChI=1S/C15H30N2/c1-17-12-7-10-15(11-13-17)16-14-8-5-3-2-4-6-9-14/h14-16H,2-13H2,1H3. The van der Waals surface area contributed by atoms with Crippen molar-refractivity contribution in [2.75, 3.05) is 20.1 Å². The van der Waals surface area contributed by atoms with E-state index in [1.54, 1.807) is 0 Å². The largest absolute Gasteiger partial charge is 0.311 e. The highest BCUT2D eigenvalue weighted by Crippen LogP contribution is 2.19. The van der Waals surface area contributed by atoms with Crippen molar-refractivity contribution in [3.05, 3.63) is 0 Å². The highest BCUT2D eigenvalue weighted by Gasteiger charge is 2.18.